The highest BCUT2D eigenvalue weighted by Gasteiger charge is 2.32. The van der Waals surface area contributed by atoms with Crippen LogP contribution in [0.25, 0.3) is 0 Å². The summed E-state index contributed by atoms with van der Waals surface area (Å²) in [7, 11) is 0. The Bertz CT molecular complexity index is 361. The van der Waals surface area contributed by atoms with Crippen LogP contribution in [-0.2, 0) is 9.53 Å². The van der Waals surface area contributed by atoms with Crippen molar-refractivity contribution in [2.45, 2.75) is 66.2 Å². The molecular weight excluding hydrogens is 236 g/mol. The van der Waals surface area contributed by atoms with Crippen molar-refractivity contribution >= 4 is 5.97 Å². The first-order valence-corrected chi connectivity index (χ1v) is 7.54. The third kappa shape index (κ3) is 4.85. The molecular formula is C17H28O2. The standard InChI is InChI=1S/C17H28O2/c1-5-6-7-8-9-10-11-12-15-14(2)16(18)19-13-17(15,3)4/h11-12H,5-10,13H2,1-4H3/b12-11+. The monoisotopic (exact) mass is 264 g/mol. The molecule has 0 aromatic rings. The fourth-order valence-corrected chi connectivity index (χ4v) is 2.47. The lowest BCUT2D eigenvalue weighted by atomic mass is 9.80. The topological polar surface area (TPSA) is 26.3 Å². The van der Waals surface area contributed by atoms with Gasteiger partial charge in [-0.25, -0.2) is 4.79 Å². The lowest BCUT2D eigenvalue weighted by Crippen LogP contribution is -2.31. The van der Waals surface area contributed by atoms with E-state index in [1.54, 1.807) is 0 Å². The number of carbonyl (C=O) groups excluding carboxylic acids is 1. The van der Waals surface area contributed by atoms with Crippen molar-refractivity contribution in [1.29, 1.82) is 0 Å². The molecule has 1 aliphatic heterocycles. The Morgan fingerprint density at radius 3 is 2.58 bits per heavy atom. The largest absolute Gasteiger partial charge is 0.461 e. The Kier molecular flexibility index (Phi) is 6.33. The highest BCUT2D eigenvalue weighted by molar-refractivity contribution is 5.90. The normalized spacial score (nSPS) is 19.1. The summed E-state index contributed by atoms with van der Waals surface area (Å²) >= 11 is 0. The number of hydrogen-bond donors (Lipinski definition) is 0. The molecule has 0 unspecified atom stereocenters. The second-order valence-electron chi connectivity index (χ2n) is 6.10. The van der Waals surface area contributed by atoms with Crippen LogP contribution in [0.3, 0.4) is 0 Å². The number of cyclic esters (lactones) is 1. The highest BCUT2D eigenvalue weighted by atomic mass is 16.5. The van der Waals surface area contributed by atoms with Crippen LogP contribution in [-0.4, -0.2) is 12.6 Å². The smallest absolute Gasteiger partial charge is 0.334 e. The molecule has 0 radical (unpaired) electrons. The summed E-state index contributed by atoms with van der Waals surface area (Å²) < 4.78 is 5.18. The maximum atomic E-state index is 11.6. The maximum Gasteiger partial charge on any atom is 0.334 e. The van der Waals surface area contributed by atoms with Crippen LogP contribution in [0.1, 0.15) is 66.2 Å². The third-order valence-electron chi connectivity index (χ3n) is 3.76. The van der Waals surface area contributed by atoms with Crippen molar-refractivity contribution in [1.82, 2.24) is 0 Å². The zero-order valence-electron chi connectivity index (χ0n) is 12.9. The first-order valence-electron chi connectivity index (χ1n) is 7.54. The fraction of sp³-hybridized carbons (Fsp3) is 0.706. The summed E-state index contributed by atoms with van der Waals surface area (Å²) in [5.41, 5.74) is 1.84. The molecule has 0 aliphatic carbocycles. The number of carbonyl (C=O) groups is 1. The number of hydrogen-bond acceptors (Lipinski definition) is 2. The molecule has 1 aliphatic rings. The van der Waals surface area contributed by atoms with Crippen LogP contribution < -0.4 is 0 Å². The van der Waals surface area contributed by atoms with Gasteiger partial charge in [-0.1, -0.05) is 58.6 Å². The molecule has 0 aromatic carbocycles. The Balaban J connectivity index is 2.49. The first-order chi connectivity index (χ1) is 8.99. The lowest BCUT2D eigenvalue weighted by molar-refractivity contribution is -0.143. The molecule has 0 amide bonds. The average molecular weight is 264 g/mol. The maximum absolute atomic E-state index is 11.6. The van der Waals surface area contributed by atoms with Gasteiger partial charge >= 0.3 is 5.97 Å². The molecule has 0 aromatic heterocycles. The Morgan fingerprint density at radius 1 is 1.21 bits per heavy atom. The van der Waals surface area contributed by atoms with Crippen LogP contribution >= 0.6 is 0 Å². The number of allylic oxidation sites excluding steroid dienone is 2. The summed E-state index contributed by atoms with van der Waals surface area (Å²) in [6.45, 7) is 8.84. The van der Waals surface area contributed by atoms with Gasteiger partial charge in [-0.2, -0.15) is 0 Å². The number of ether oxygens (including phenoxy) is 1. The van der Waals surface area contributed by atoms with Gasteiger partial charge in [0.25, 0.3) is 0 Å². The summed E-state index contributed by atoms with van der Waals surface area (Å²) in [6, 6.07) is 0. The molecule has 0 fully saturated rings. The summed E-state index contributed by atoms with van der Waals surface area (Å²) in [5.74, 6) is -0.165. The quantitative estimate of drug-likeness (QED) is 0.487. The molecule has 0 spiro atoms. The molecule has 0 bridgehead atoms. The van der Waals surface area contributed by atoms with E-state index >= 15 is 0 Å². The summed E-state index contributed by atoms with van der Waals surface area (Å²) in [6.07, 6.45) is 12.0. The minimum Gasteiger partial charge on any atom is -0.461 e. The van der Waals surface area contributed by atoms with E-state index in [1.807, 2.05) is 6.92 Å². The van der Waals surface area contributed by atoms with Crippen LogP contribution in [0.4, 0.5) is 0 Å². The van der Waals surface area contributed by atoms with Gasteiger partial charge in [0.05, 0.1) is 0 Å². The van der Waals surface area contributed by atoms with Gasteiger partial charge in [0, 0.05) is 11.0 Å². The van der Waals surface area contributed by atoms with Crippen molar-refractivity contribution in [3.63, 3.8) is 0 Å². The molecule has 0 N–H and O–H groups in total. The molecule has 108 valence electrons. The zero-order valence-corrected chi connectivity index (χ0v) is 12.9. The molecule has 0 atom stereocenters. The van der Waals surface area contributed by atoms with Crippen molar-refractivity contribution < 1.29 is 9.53 Å². The fourth-order valence-electron chi connectivity index (χ4n) is 2.47. The Hall–Kier alpha value is -1.05. The number of esters is 1. The molecule has 2 nitrogen and oxygen atoms in total. The summed E-state index contributed by atoms with van der Waals surface area (Å²) in [4.78, 5) is 11.6. The van der Waals surface area contributed by atoms with E-state index in [0.717, 1.165) is 17.6 Å². The minimum atomic E-state index is -0.165. The van der Waals surface area contributed by atoms with Crippen LogP contribution in [0.2, 0.25) is 0 Å². The number of rotatable bonds is 7. The summed E-state index contributed by atoms with van der Waals surface area (Å²) in [5, 5.41) is 0. The second-order valence-corrected chi connectivity index (χ2v) is 6.10. The van der Waals surface area contributed by atoms with Crippen LogP contribution in [0.5, 0.6) is 0 Å². The van der Waals surface area contributed by atoms with Gasteiger partial charge in [-0.15, -0.1) is 0 Å². The van der Waals surface area contributed by atoms with Crippen molar-refractivity contribution in [3.8, 4) is 0 Å². The van der Waals surface area contributed by atoms with E-state index in [4.69, 9.17) is 4.74 Å². The van der Waals surface area contributed by atoms with E-state index in [2.05, 4.69) is 32.9 Å². The zero-order chi connectivity index (χ0) is 14.3. The van der Waals surface area contributed by atoms with Gasteiger partial charge in [0.15, 0.2) is 0 Å². The van der Waals surface area contributed by atoms with E-state index in [-0.39, 0.29) is 11.4 Å². The van der Waals surface area contributed by atoms with Gasteiger partial charge in [0.2, 0.25) is 0 Å². The predicted octanol–water partition coefficient (Wildman–Crippen LogP) is 4.80. The minimum absolute atomic E-state index is 0.0588. The Morgan fingerprint density at radius 2 is 1.89 bits per heavy atom. The van der Waals surface area contributed by atoms with E-state index < -0.39 is 0 Å². The van der Waals surface area contributed by atoms with Gasteiger partial charge in [-0.05, 0) is 25.3 Å². The van der Waals surface area contributed by atoms with Gasteiger partial charge < -0.3 is 4.74 Å². The van der Waals surface area contributed by atoms with E-state index in [9.17, 15) is 4.79 Å². The van der Waals surface area contributed by atoms with Gasteiger partial charge in [-0.3, -0.25) is 0 Å². The van der Waals surface area contributed by atoms with E-state index in [1.165, 1.54) is 32.1 Å². The van der Waals surface area contributed by atoms with E-state index in [0.29, 0.717) is 6.61 Å². The molecule has 0 saturated heterocycles. The van der Waals surface area contributed by atoms with Crippen LogP contribution in [0.15, 0.2) is 23.3 Å². The Labute approximate surface area is 117 Å². The van der Waals surface area contributed by atoms with Gasteiger partial charge in [0.1, 0.15) is 6.61 Å². The average Bonchev–Trinajstić information content (AvgIpc) is 2.37. The highest BCUT2D eigenvalue weighted by Crippen LogP contribution is 2.34. The molecule has 1 heterocycles. The first kappa shape index (κ1) is 16.0. The van der Waals surface area contributed by atoms with Crippen molar-refractivity contribution in [2.75, 3.05) is 6.61 Å². The van der Waals surface area contributed by atoms with Crippen molar-refractivity contribution in [3.05, 3.63) is 23.3 Å². The lowest BCUT2D eigenvalue weighted by Gasteiger charge is -2.31. The van der Waals surface area contributed by atoms with Crippen LogP contribution in [0, 0.1) is 5.41 Å². The molecule has 2 heteroatoms. The second kappa shape index (κ2) is 7.52. The molecule has 0 saturated carbocycles. The molecule has 19 heavy (non-hydrogen) atoms. The molecule has 1 rings (SSSR count). The van der Waals surface area contributed by atoms with Crippen molar-refractivity contribution in [2.24, 2.45) is 5.41 Å². The third-order valence-corrected chi connectivity index (χ3v) is 3.76. The number of unbranched alkanes of at least 4 members (excludes halogenated alkanes) is 5. The predicted molar refractivity (Wildman–Crippen MR) is 80.0 cm³/mol. The SMILES string of the molecule is CCCCCCC/C=C/C1=C(C)C(=O)OCC1(C)C.